The standard InChI is InChI=1S/C11H21N/c1-4-5-6-9(2)10(3)12-11-7-8-11/h4,9-12H,1,5-8H2,2-3H3. The van der Waals surface area contributed by atoms with E-state index in [0.717, 1.165) is 18.4 Å². The molecule has 1 rings (SSSR count). The van der Waals surface area contributed by atoms with E-state index in [4.69, 9.17) is 0 Å². The Labute approximate surface area is 76.2 Å². The second-order valence-electron chi connectivity index (χ2n) is 4.07. The third-order valence-corrected chi connectivity index (χ3v) is 2.76. The van der Waals surface area contributed by atoms with Gasteiger partial charge in [0.2, 0.25) is 0 Å². The van der Waals surface area contributed by atoms with Gasteiger partial charge >= 0.3 is 0 Å². The first-order valence-corrected chi connectivity index (χ1v) is 5.11. The molecule has 2 unspecified atom stereocenters. The van der Waals surface area contributed by atoms with E-state index >= 15 is 0 Å². The van der Waals surface area contributed by atoms with Crippen LogP contribution in [0.1, 0.15) is 39.5 Å². The average Bonchev–Trinajstić information content (AvgIpc) is 2.83. The monoisotopic (exact) mass is 167 g/mol. The van der Waals surface area contributed by atoms with Gasteiger partial charge in [0.15, 0.2) is 0 Å². The van der Waals surface area contributed by atoms with Gasteiger partial charge in [-0.05, 0) is 38.5 Å². The predicted octanol–water partition coefficient (Wildman–Crippen LogP) is 2.73. The van der Waals surface area contributed by atoms with Crippen molar-refractivity contribution in [1.29, 1.82) is 0 Å². The summed E-state index contributed by atoms with van der Waals surface area (Å²) < 4.78 is 0. The van der Waals surface area contributed by atoms with Gasteiger partial charge in [-0.2, -0.15) is 0 Å². The summed E-state index contributed by atoms with van der Waals surface area (Å²) in [5.41, 5.74) is 0. The predicted molar refractivity (Wildman–Crippen MR) is 54.2 cm³/mol. The van der Waals surface area contributed by atoms with Crippen LogP contribution in [0.5, 0.6) is 0 Å². The number of hydrogen-bond acceptors (Lipinski definition) is 1. The van der Waals surface area contributed by atoms with E-state index < -0.39 is 0 Å². The van der Waals surface area contributed by atoms with Crippen molar-refractivity contribution in [3.05, 3.63) is 12.7 Å². The highest BCUT2D eigenvalue weighted by molar-refractivity contribution is 4.85. The molecule has 0 aromatic rings. The quantitative estimate of drug-likeness (QED) is 0.600. The Morgan fingerprint density at radius 2 is 2.17 bits per heavy atom. The highest BCUT2D eigenvalue weighted by Gasteiger charge is 2.24. The maximum absolute atomic E-state index is 3.74. The molecule has 1 N–H and O–H groups in total. The molecule has 1 saturated carbocycles. The van der Waals surface area contributed by atoms with Gasteiger partial charge in [0, 0.05) is 12.1 Å². The van der Waals surface area contributed by atoms with E-state index in [0.29, 0.717) is 6.04 Å². The summed E-state index contributed by atoms with van der Waals surface area (Å²) in [5, 5.41) is 3.63. The summed E-state index contributed by atoms with van der Waals surface area (Å²) in [4.78, 5) is 0. The molecule has 0 heterocycles. The molecule has 1 nitrogen and oxygen atoms in total. The summed E-state index contributed by atoms with van der Waals surface area (Å²) in [5.74, 6) is 0.781. The Morgan fingerprint density at radius 3 is 2.67 bits per heavy atom. The van der Waals surface area contributed by atoms with Gasteiger partial charge in [-0.3, -0.25) is 0 Å². The summed E-state index contributed by atoms with van der Waals surface area (Å²) in [6.07, 6.45) is 7.21. The van der Waals surface area contributed by atoms with Crippen molar-refractivity contribution < 1.29 is 0 Å². The molecule has 1 aliphatic rings. The van der Waals surface area contributed by atoms with Crippen LogP contribution in [0.15, 0.2) is 12.7 Å². The molecule has 1 heteroatoms. The molecule has 0 aromatic carbocycles. The first kappa shape index (κ1) is 9.79. The van der Waals surface area contributed by atoms with Crippen LogP contribution in [0.4, 0.5) is 0 Å². The number of hydrogen-bond donors (Lipinski definition) is 1. The zero-order chi connectivity index (χ0) is 8.97. The smallest absolute Gasteiger partial charge is 0.00708 e. The molecule has 0 aromatic heterocycles. The lowest BCUT2D eigenvalue weighted by atomic mass is 9.98. The van der Waals surface area contributed by atoms with Crippen LogP contribution in [-0.4, -0.2) is 12.1 Å². The fourth-order valence-electron chi connectivity index (χ4n) is 1.42. The second kappa shape index (κ2) is 4.66. The zero-order valence-electron chi connectivity index (χ0n) is 8.34. The van der Waals surface area contributed by atoms with Crippen molar-refractivity contribution in [2.75, 3.05) is 0 Å². The maximum Gasteiger partial charge on any atom is 0.00708 e. The van der Waals surface area contributed by atoms with Crippen LogP contribution >= 0.6 is 0 Å². The fraction of sp³-hybridized carbons (Fsp3) is 0.818. The van der Waals surface area contributed by atoms with E-state index in [-0.39, 0.29) is 0 Å². The van der Waals surface area contributed by atoms with Crippen molar-refractivity contribution in [2.24, 2.45) is 5.92 Å². The molecule has 12 heavy (non-hydrogen) atoms. The number of allylic oxidation sites excluding steroid dienone is 1. The third-order valence-electron chi connectivity index (χ3n) is 2.76. The van der Waals surface area contributed by atoms with E-state index in [1.165, 1.54) is 19.3 Å². The highest BCUT2D eigenvalue weighted by Crippen LogP contribution is 2.22. The van der Waals surface area contributed by atoms with E-state index in [2.05, 4.69) is 25.7 Å². The molecular weight excluding hydrogens is 146 g/mol. The molecule has 0 amide bonds. The zero-order valence-corrected chi connectivity index (χ0v) is 8.34. The minimum absolute atomic E-state index is 0.678. The number of rotatable bonds is 6. The Balaban J connectivity index is 2.10. The summed E-state index contributed by atoms with van der Waals surface area (Å²) >= 11 is 0. The van der Waals surface area contributed by atoms with Gasteiger partial charge in [0.05, 0.1) is 0 Å². The number of nitrogens with one attached hydrogen (secondary N) is 1. The average molecular weight is 167 g/mol. The molecule has 1 fully saturated rings. The van der Waals surface area contributed by atoms with E-state index in [1.807, 2.05) is 6.08 Å². The minimum atomic E-state index is 0.678. The van der Waals surface area contributed by atoms with Gasteiger partial charge in [-0.15, -0.1) is 6.58 Å². The summed E-state index contributed by atoms with van der Waals surface area (Å²) in [7, 11) is 0. The van der Waals surface area contributed by atoms with E-state index in [9.17, 15) is 0 Å². The van der Waals surface area contributed by atoms with Crippen LogP contribution in [0.2, 0.25) is 0 Å². The minimum Gasteiger partial charge on any atom is -0.311 e. The normalized spacial score (nSPS) is 21.8. The first-order valence-electron chi connectivity index (χ1n) is 5.11. The SMILES string of the molecule is C=CCCC(C)C(C)NC1CC1. The molecule has 0 aliphatic heterocycles. The molecule has 0 spiro atoms. The lowest BCUT2D eigenvalue weighted by Gasteiger charge is -2.20. The molecule has 1 aliphatic carbocycles. The van der Waals surface area contributed by atoms with E-state index in [1.54, 1.807) is 0 Å². The van der Waals surface area contributed by atoms with Crippen LogP contribution in [0.3, 0.4) is 0 Å². The van der Waals surface area contributed by atoms with Gasteiger partial charge in [-0.25, -0.2) is 0 Å². The Bertz CT molecular complexity index is 138. The fourth-order valence-corrected chi connectivity index (χ4v) is 1.42. The van der Waals surface area contributed by atoms with Crippen LogP contribution in [0.25, 0.3) is 0 Å². The van der Waals surface area contributed by atoms with Crippen LogP contribution in [-0.2, 0) is 0 Å². The lowest BCUT2D eigenvalue weighted by molar-refractivity contribution is 0.379. The maximum atomic E-state index is 3.74. The van der Waals surface area contributed by atoms with Gasteiger partial charge in [-0.1, -0.05) is 13.0 Å². The van der Waals surface area contributed by atoms with Gasteiger partial charge < -0.3 is 5.32 Å². The van der Waals surface area contributed by atoms with Gasteiger partial charge in [0.25, 0.3) is 0 Å². The molecule has 2 atom stereocenters. The Hall–Kier alpha value is -0.300. The molecular formula is C11H21N. The van der Waals surface area contributed by atoms with Crippen molar-refractivity contribution in [1.82, 2.24) is 5.32 Å². The summed E-state index contributed by atoms with van der Waals surface area (Å²) in [6, 6.07) is 1.52. The third kappa shape index (κ3) is 3.40. The largest absolute Gasteiger partial charge is 0.311 e. The van der Waals surface area contributed by atoms with Crippen molar-refractivity contribution >= 4 is 0 Å². The molecule has 0 saturated heterocycles. The lowest BCUT2D eigenvalue weighted by Crippen LogP contribution is -2.33. The Morgan fingerprint density at radius 1 is 1.50 bits per heavy atom. The van der Waals surface area contributed by atoms with Crippen molar-refractivity contribution in [3.63, 3.8) is 0 Å². The van der Waals surface area contributed by atoms with Crippen LogP contribution in [0, 0.1) is 5.92 Å². The first-order chi connectivity index (χ1) is 5.74. The molecule has 0 bridgehead atoms. The van der Waals surface area contributed by atoms with Crippen molar-refractivity contribution in [3.8, 4) is 0 Å². The summed E-state index contributed by atoms with van der Waals surface area (Å²) in [6.45, 7) is 8.37. The van der Waals surface area contributed by atoms with Gasteiger partial charge in [0.1, 0.15) is 0 Å². The van der Waals surface area contributed by atoms with Crippen molar-refractivity contribution in [2.45, 2.75) is 51.6 Å². The second-order valence-corrected chi connectivity index (χ2v) is 4.07. The molecule has 0 radical (unpaired) electrons. The van der Waals surface area contributed by atoms with Crippen LogP contribution < -0.4 is 5.32 Å². The molecule has 70 valence electrons. The Kier molecular flexibility index (Phi) is 3.80. The topological polar surface area (TPSA) is 12.0 Å². The highest BCUT2D eigenvalue weighted by atomic mass is 15.0.